The van der Waals surface area contributed by atoms with Crippen LogP contribution in [0.15, 0.2) is 42.5 Å². The molecule has 0 radical (unpaired) electrons. The van der Waals surface area contributed by atoms with Crippen LogP contribution < -0.4 is 10.2 Å². The molecule has 1 aliphatic heterocycles. The van der Waals surface area contributed by atoms with E-state index in [4.69, 9.17) is 16.3 Å². The summed E-state index contributed by atoms with van der Waals surface area (Å²) in [6, 6.07) is 10.7. The van der Waals surface area contributed by atoms with E-state index in [1.165, 1.54) is 6.07 Å². The summed E-state index contributed by atoms with van der Waals surface area (Å²) in [5, 5.41) is 3.29. The van der Waals surface area contributed by atoms with E-state index < -0.39 is 11.7 Å². The molecule has 162 valence electrons. The maximum atomic E-state index is 13.2. The number of rotatable bonds is 6. The van der Waals surface area contributed by atoms with Crippen LogP contribution in [0.5, 0.6) is 0 Å². The van der Waals surface area contributed by atoms with E-state index in [1.54, 1.807) is 24.1 Å². The van der Waals surface area contributed by atoms with Crippen LogP contribution in [0.25, 0.3) is 0 Å². The highest BCUT2D eigenvalue weighted by Crippen LogP contribution is 2.35. The largest absolute Gasteiger partial charge is 0.416 e. The molecule has 1 aliphatic rings. The first kappa shape index (κ1) is 22.4. The number of nitrogens with zero attached hydrogens (tertiary/aromatic N) is 2. The van der Waals surface area contributed by atoms with Gasteiger partial charge in [0, 0.05) is 24.7 Å². The first-order chi connectivity index (χ1) is 14.2. The van der Waals surface area contributed by atoms with Crippen molar-refractivity contribution in [3.8, 4) is 0 Å². The van der Waals surface area contributed by atoms with E-state index in [0.29, 0.717) is 43.6 Å². The van der Waals surface area contributed by atoms with E-state index in [9.17, 15) is 18.0 Å². The minimum atomic E-state index is -4.49. The second kappa shape index (κ2) is 9.68. The lowest BCUT2D eigenvalue weighted by Crippen LogP contribution is -2.37. The fourth-order valence-electron chi connectivity index (χ4n) is 3.28. The van der Waals surface area contributed by atoms with E-state index in [-0.39, 0.29) is 18.1 Å². The maximum Gasteiger partial charge on any atom is 0.416 e. The molecule has 0 saturated carbocycles. The molecule has 2 aromatic rings. The number of likely N-dealkylation sites (N-methyl/N-ethyl adjacent to an activating group) is 1. The van der Waals surface area contributed by atoms with Crippen LogP contribution in [0, 0.1) is 0 Å². The number of amides is 1. The third-order valence-corrected chi connectivity index (χ3v) is 4.98. The van der Waals surface area contributed by atoms with E-state index >= 15 is 0 Å². The van der Waals surface area contributed by atoms with Gasteiger partial charge in [-0.25, -0.2) is 0 Å². The SMILES string of the molecule is CN(CC(=O)Nc1cc(C(F)(F)F)ccc1N1CCOCC1)Cc1ccc(Cl)cc1. The Labute approximate surface area is 178 Å². The van der Waals surface area contributed by atoms with Gasteiger partial charge in [-0.15, -0.1) is 0 Å². The standard InChI is InChI=1S/C21H23ClF3N3O2/c1-27(13-15-2-5-17(22)6-3-15)14-20(29)26-18-12-16(21(23,24)25)4-7-19(18)28-8-10-30-11-9-28/h2-7,12H,8-11,13-14H2,1H3,(H,26,29). The van der Waals surface area contributed by atoms with E-state index in [2.05, 4.69) is 5.32 Å². The molecule has 1 amide bonds. The number of benzene rings is 2. The van der Waals surface area contributed by atoms with Gasteiger partial charge in [-0.1, -0.05) is 23.7 Å². The van der Waals surface area contributed by atoms with E-state index in [0.717, 1.165) is 17.7 Å². The number of morpholine rings is 1. The molecule has 0 unspecified atom stereocenters. The number of nitrogens with one attached hydrogen (secondary N) is 1. The highest BCUT2D eigenvalue weighted by Gasteiger charge is 2.32. The van der Waals surface area contributed by atoms with Crippen molar-refractivity contribution < 1.29 is 22.7 Å². The summed E-state index contributed by atoms with van der Waals surface area (Å²) >= 11 is 5.88. The number of ether oxygens (including phenoxy) is 1. The molecule has 9 heteroatoms. The minimum absolute atomic E-state index is 0.0292. The summed E-state index contributed by atoms with van der Waals surface area (Å²) in [7, 11) is 1.77. The topological polar surface area (TPSA) is 44.8 Å². The average molecular weight is 442 g/mol. The van der Waals surface area contributed by atoms with Crippen LogP contribution in [0.3, 0.4) is 0 Å². The zero-order valence-corrected chi connectivity index (χ0v) is 17.3. The van der Waals surface area contributed by atoms with Crippen molar-refractivity contribution in [2.24, 2.45) is 0 Å². The molecule has 1 fully saturated rings. The summed E-state index contributed by atoms with van der Waals surface area (Å²) < 4.78 is 44.9. The van der Waals surface area contributed by atoms with Crippen LogP contribution >= 0.6 is 11.6 Å². The van der Waals surface area contributed by atoms with Crippen LogP contribution in [-0.2, 0) is 22.3 Å². The molecule has 1 saturated heterocycles. The molecule has 3 rings (SSSR count). The summed E-state index contributed by atoms with van der Waals surface area (Å²) in [5.74, 6) is -0.389. The highest BCUT2D eigenvalue weighted by atomic mass is 35.5. The van der Waals surface area contributed by atoms with Gasteiger partial charge in [0.05, 0.1) is 36.7 Å². The van der Waals surface area contributed by atoms with E-state index in [1.807, 2.05) is 17.0 Å². The van der Waals surface area contributed by atoms with Crippen LogP contribution in [-0.4, -0.2) is 50.7 Å². The fourth-order valence-corrected chi connectivity index (χ4v) is 3.41. The van der Waals surface area contributed by atoms with Crippen molar-refractivity contribution >= 4 is 28.9 Å². The Morgan fingerprint density at radius 2 is 1.83 bits per heavy atom. The molecule has 0 spiro atoms. The molecular formula is C21H23ClF3N3O2. The number of anilines is 2. The molecule has 1 N–H and O–H groups in total. The molecule has 0 aromatic heterocycles. The van der Waals surface area contributed by atoms with Gasteiger partial charge >= 0.3 is 6.18 Å². The van der Waals surface area contributed by atoms with Crippen molar-refractivity contribution in [3.05, 3.63) is 58.6 Å². The third kappa shape index (κ3) is 6.10. The number of alkyl halides is 3. The van der Waals surface area contributed by atoms with Gasteiger partial charge in [-0.05, 0) is 42.9 Å². The van der Waals surface area contributed by atoms with Crippen molar-refractivity contribution in [2.75, 3.05) is 50.1 Å². The first-order valence-electron chi connectivity index (χ1n) is 9.49. The summed E-state index contributed by atoms with van der Waals surface area (Å²) in [4.78, 5) is 16.3. The number of carbonyl (C=O) groups is 1. The summed E-state index contributed by atoms with van der Waals surface area (Å²) in [6.45, 7) is 2.59. The molecule has 0 atom stereocenters. The maximum absolute atomic E-state index is 13.2. The third-order valence-electron chi connectivity index (χ3n) is 4.73. The lowest BCUT2D eigenvalue weighted by atomic mass is 10.1. The van der Waals surface area contributed by atoms with Gasteiger partial charge in [0.15, 0.2) is 0 Å². The molecule has 2 aromatic carbocycles. The lowest BCUT2D eigenvalue weighted by Gasteiger charge is -2.31. The Balaban J connectivity index is 1.72. The Morgan fingerprint density at radius 3 is 2.47 bits per heavy atom. The molecule has 0 bridgehead atoms. The number of carbonyl (C=O) groups excluding carboxylic acids is 1. The van der Waals surface area contributed by atoms with Crippen LogP contribution in [0.4, 0.5) is 24.5 Å². The summed E-state index contributed by atoms with van der Waals surface area (Å²) in [5.41, 5.74) is 0.878. The predicted molar refractivity (Wildman–Crippen MR) is 111 cm³/mol. The van der Waals surface area contributed by atoms with Crippen molar-refractivity contribution in [1.82, 2.24) is 4.90 Å². The number of hydrogen-bond donors (Lipinski definition) is 1. The Bertz CT molecular complexity index is 869. The minimum Gasteiger partial charge on any atom is -0.378 e. The zero-order chi connectivity index (χ0) is 21.7. The van der Waals surface area contributed by atoms with Crippen molar-refractivity contribution in [1.29, 1.82) is 0 Å². The molecule has 5 nitrogen and oxygen atoms in total. The highest BCUT2D eigenvalue weighted by molar-refractivity contribution is 6.30. The van der Waals surface area contributed by atoms with Gasteiger partial charge in [0.2, 0.25) is 5.91 Å². The summed E-state index contributed by atoms with van der Waals surface area (Å²) in [6.07, 6.45) is -4.49. The lowest BCUT2D eigenvalue weighted by molar-refractivity contribution is -0.137. The Morgan fingerprint density at radius 1 is 1.17 bits per heavy atom. The Hall–Kier alpha value is -2.29. The molecule has 0 aliphatic carbocycles. The predicted octanol–water partition coefficient (Wildman–Crippen LogP) is 4.27. The molecule has 1 heterocycles. The van der Waals surface area contributed by atoms with Gasteiger partial charge in [0.25, 0.3) is 0 Å². The van der Waals surface area contributed by atoms with Crippen LogP contribution in [0.1, 0.15) is 11.1 Å². The zero-order valence-electron chi connectivity index (χ0n) is 16.5. The van der Waals surface area contributed by atoms with Crippen molar-refractivity contribution in [3.63, 3.8) is 0 Å². The Kier molecular flexibility index (Phi) is 7.23. The average Bonchev–Trinajstić information content (AvgIpc) is 2.69. The van der Waals surface area contributed by atoms with Gasteiger partial charge < -0.3 is 15.0 Å². The number of halogens is 4. The molecular weight excluding hydrogens is 419 g/mol. The first-order valence-corrected chi connectivity index (χ1v) is 9.87. The van der Waals surface area contributed by atoms with Gasteiger partial charge in [-0.2, -0.15) is 13.2 Å². The molecule has 30 heavy (non-hydrogen) atoms. The fraction of sp³-hybridized carbons (Fsp3) is 0.381. The van der Waals surface area contributed by atoms with Crippen LogP contribution in [0.2, 0.25) is 5.02 Å². The van der Waals surface area contributed by atoms with Gasteiger partial charge in [0.1, 0.15) is 0 Å². The quantitative estimate of drug-likeness (QED) is 0.727. The number of hydrogen-bond acceptors (Lipinski definition) is 4. The smallest absolute Gasteiger partial charge is 0.378 e. The van der Waals surface area contributed by atoms with Crippen molar-refractivity contribution in [2.45, 2.75) is 12.7 Å². The second-order valence-corrected chi connectivity index (χ2v) is 7.61. The normalized spacial score (nSPS) is 14.8. The monoisotopic (exact) mass is 441 g/mol. The second-order valence-electron chi connectivity index (χ2n) is 7.18. The van der Waals surface area contributed by atoms with Gasteiger partial charge in [-0.3, -0.25) is 9.69 Å².